The van der Waals surface area contributed by atoms with Crippen LogP contribution in [0, 0.1) is 5.92 Å². The molecule has 0 aliphatic carbocycles. The van der Waals surface area contributed by atoms with Crippen LogP contribution in [0.1, 0.15) is 37.7 Å². The lowest BCUT2D eigenvalue weighted by atomic mass is 9.83. The van der Waals surface area contributed by atoms with Gasteiger partial charge in [-0.05, 0) is 62.4 Å². The molecule has 0 bridgehead atoms. The van der Waals surface area contributed by atoms with Crippen molar-refractivity contribution in [1.82, 2.24) is 4.90 Å². The number of nitrogens with zero attached hydrogens (tertiary/aromatic N) is 3. The van der Waals surface area contributed by atoms with Gasteiger partial charge >= 0.3 is 0 Å². The maximum atomic E-state index is 4.77. The standard InChI is InChI=1S/C19H29N3/c1-21(2)18-10-8-16(9-11-18)14-20-15-17-6-5-13-22-12-4-3-7-19(17)22/h8-11,14,17,19H,3-7,12-13,15H2,1-2H3/t17-,19-/m1/s1. The van der Waals surface area contributed by atoms with Crippen LogP contribution >= 0.6 is 0 Å². The molecule has 2 saturated heterocycles. The molecule has 0 aromatic heterocycles. The summed E-state index contributed by atoms with van der Waals surface area (Å²) in [5, 5.41) is 0. The largest absolute Gasteiger partial charge is 0.378 e. The Labute approximate surface area is 135 Å². The molecule has 0 unspecified atom stereocenters. The van der Waals surface area contributed by atoms with E-state index in [4.69, 9.17) is 4.99 Å². The first-order valence-electron chi connectivity index (χ1n) is 8.75. The minimum Gasteiger partial charge on any atom is -0.378 e. The maximum Gasteiger partial charge on any atom is 0.0432 e. The quantitative estimate of drug-likeness (QED) is 0.793. The summed E-state index contributed by atoms with van der Waals surface area (Å²) in [5.41, 5.74) is 2.45. The smallest absolute Gasteiger partial charge is 0.0432 e. The molecule has 0 spiro atoms. The maximum absolute atomic E-state index is 4.77. The third-order valence-electron chi connectivity index (χ3n) is 5.22. The van der Waals surface area contributed by atoms with Gasteiger partial charge < -0.3 is 9.80 Å². The predicted octanol–water partition coefficient (Wildman–Crippen LogP) is 3.44. The Morgan fingerprint density at radius 3 is 2.64 bits per heavy atom. The molecule has 0 saturated carbocycles. The van der Waals surface area contributed by atoms with E-state index in [1.165, 1.54) is 56.4 Å². The van der Waals surface area contributed by atoms with Crippen LogP contribution in [0.4, 0.5) is 5.69 Å². The fourth-order valence-corrected chi connectivity index (χ4v) is 3.94. The van der Waals surface area contributed by atoms with E-state index in [0.717, 1.165) is 18.5 Å². The van der Waals surface area contributed by atoms with Crippen LogP contribution in [0.2, 0.25) is 0 Å². The van der Waals surface area contributed by atoms with Crippen molar-refractivity contribution < 1.29 is 0 Å². The van der Waals surface area contributed by atoms with Gasteiger partial charge in [0.1, 0.15) is 0 Å². The second-order valence-corrected chi connectivity index (χ2v) is 6.98. The predicted molar refractivity (Wildman–Crippen MR) is 95.2 cm³/mol. The van der Waals surface area contributed by atoms with Crippen molar-refractivity contribution in [2.75, 3.05) is 38.6 Å². The molecule has 0 radical (unpaired) electrons. The van der Waals surface area contributed by atoms with Crippen LogP contribution in [0.3, 0.4) is 0 Å². The average molecular weight is 299 g/mol. The Balaban J connectivity index is 1.56. The molecule has 120 valence electrons. The summed E-state index contributed by atoms with van der Waals surface area (Å²) in [6.07, 6.45) is 8.96. The first-order chi connectivity index (χ1) is 10.7. The van der Waals surface area contributed by atoms with Gasteiger partial charge in [0.05, 0.1) is 0 Å². The number of aliphatic imine (C=N–C) groups is 1. The molecule has 3 nitrogen and oxygen atoms in total. The van der Waals surface area contributed by atoms with E-state index >= 15 is 0 Å². The van der Waals surface area contributed by atoms with E-state index in [0.29, 0.717) is 0 Å². The van der Waals surface area contributed by atoms with Gasteiger partial charge in [-0.25, -0.2) is 0 Å². The van der Waals surface area contributed by atoms with Gasteiger partial charge in [-0.15, -0.1) is 0 Å². The summed E-state index contributed by atoms with van der Waals surface area (Å²) in [5.74, 6) is 0.770. The Morgan fingerprint density at radius 1 is 1.09 bits per heavy atom. The lowest BCUT2D eigenvalue weighted by molar-refractivity contribution is 0.0635. The molecule has 0 amide bonds. The van der Waals surface area contributed by atoms with Gasteiger partial charge in [-0.3, -0.25) is 4.99 Å². The van der Waals surface area contributed by atoms with E-state index in [1.807, 2.05) is 0 Å². The van der Waals surface area contributed by atoms with Crippen molar-refractivity contribution in [2.24, 2.45) is 10.9 Å². The Bertz CT molecular complexity index is 490. The molecular formula is C19H29N3. The van der Waals surface area contributed by atoms with Crippen LogP contribution in [0.25, 0.3) is 0 Å². The Morgan fingerprint density at radius 2 is 1.86 bits per heavy atom. The summed E-state index contributed by atoms with van der Waals surface area (Å²) >= 11 is 0. The highest BCUT2D eigenvalue weighted by Gasteiger charge is 2.32. The summed E-state index contributed by atoms with van der Waals surface area (Å²) < 4.78 is 0. The number of piperidine rings is 2. The molecule has 1 aromatic carbocycles. The van der Waals surface area contributed by atoms with Gasteiger partial charge in [-0.1, -0.05) is 18.6 Å². The topological polar surface area (TPSA) is 18.8 Å². The SMILES string of the molecule is CN(C)c1ccc(C=NC[C@H]2CCCN3CCCC[C@H]23)cc1. The summed E-state index contributed by atoms with van der Waals surface area (Å²) in [4.78, 5) is 9.61. The monoisotopic (exact) mass is 299 g/mol. The molecular weight excluding hydrogens is 270 g/mol. The Hall–Kier alpha value is -1.35. The van der Waals surface area contributed by atoms with Gasteiger partial charge in [-0.2, -0.15) is 0 Å². The molecule has 1 aromatic rings. The zero-order valence-electron chi connectivity index (χ0n) is 14.0. The molecule has 2 aliphatic rings. The normalized spacial score (nSPS) is 26.1. The average Bonchev–Trinajstić information content (AvgIpc) is 2.55. The van der Waals surface area contributed by atoms with Crippen molar-refractivity contribution in [2.45, 2.75) is 38.1 Å². The lowest BCUT2D eigenvalue weighted by Gasteiger charge is -2.43. The van der Waals surface area contributed by atoms with Crippen LogP contribution in [-0.4, -0.2) is 50.9 Å². The highest BCUT2D eigenvalue weighted by Crippen LogP contribution is 2.30. The molecule has 3 heteroatoms. The third-order valence-corrected chi connectivity index (χ3v) is 5.22. The van der Waals surface area contributed by atoms with E-state index in [-0.39, 0.29) is 0 Å². The second-order valence-electron chi connectivity index (χ2n) is 6.98. The minimum atomic E-state index is 0.770. The van der Waals surface area contributed by atoms with Gasteiger partial charge in [0.15, 0.2) is 0 Å². The van der Waals surface area contributed by atoms with Crippen LogP contribution in [0.15, 0.2) is 29.3 Å². The molecule has 2 heterocycles. The fraction of sp³-hybridized carbons (Fsp3) is 0.632. The number of fused-ring (bicyclic) bond motifs is 1. The molecule has 3 rings (SSSR count). The van der Waals surface area contributed by atoms with Crippen molar-refractivity contribution in [3.63, 3.8) is 0 Å². The second kappa shape index (κ2) is 7.28. The number of rotatable bonds is 4. The van der Waals surface area contributed by atoms with Crippen molar-refractivity contribution in [3.05, 3.63) is 29.8 Å². The highest BCUT2D eigenvalue weighted by molar-refractivity contribution is 5.80. The zero-order valence-corrected chi connectivity index (χ0v) is 14.0. The molecule has 2 atom stereocenters. The number of hydrogen-bond donors (Lipinski definition) is 0. The molecule has 2 aliphatic heterocycles. The van der Waals surface area contributed by atoms with E-state index in [2.05, 4.69) is 54.4 Å². The third kappa shape index (κ3) is 3.70. The first-order valence-corrected chi connectivity index (χ1v) is 8.75. The van der Waals surface area contributed by atoms with Crippen molar-refractivity contribution in [1.29, 1.82) is 0 Å². The number of benzene rings is 1. The number of hydrogen-bond acceptors (Lipinski definition) is 3. The summed E-state index contributed by atoms with van der Waals surface area (Å²) in [6, 6.07) is 9.44. The molecule has 0 N–H and O–H groups in total. The van der Waals surface area contributed by atoms with E-state index in [1.54, 1.807) is 0 Å². The first kappa shape index (κ1) is 15.5. The van der Waals surface area contributed by atoms with E-state index < -0.39 is 0 Å². The van der Waals surface area contributed by atoms with Gasteiger partial charge in [0.25, 0.3) is 0 Å². The van der Waals surface area contributed by atoms with Crippen LogP contribution < -0.4 is 4.90 Å². The van der Waals surface area contributed by atoms with Crippen molar-refractivity contribution in [3.8, 4) is 0 Å². The van der Waals surface area contributed by atoms with Crippen LogP contribution in [-0.2, 0) is 0 Å². The van der Waals surface area contributed by atoms with Crippen molar-refractivity contribution >= 4 is 11.9 Å². The lowest BCUT2D eigenvalue weighted by Crippen LogP contribution is -2.48. The molecule has 22 heavy (non-hydrogen) atoms. The number of anilines is 1. The van der Waals surface area contributed by atoms with Crippen LogP contribution in [0.5, 0.6) is 0 Å². The Kier molecular flexibility index (Phi) is 5.14. The molecule has 2 fully saturated rings. The minimum absolute atomic E-state index is 0.770. The van der Waals surface area contributed by atoms with E-state index in [9.17, 15) is 0 Å². The summed E-state index contributed by atoms with van der Waals surface area (Å²) in [7, 11) is 4.14. The fourth-order valence-electron chi connectivity index (χ4n) is 3.94. The van der Waals surface area contributed by atoms with Gasteiger partial charge in [0, 0.05) is 38.6 Å². The zero-order chi connectivity index (χ0) is 15.4. The van der Waals surface area contributed by atoms with Gasteiger partial charge in [0.2, 0.25) is 0 Å². The summed E-state index contributed by atoms with van der Waals surface area (Å²) in [6.45, 7) is 3.63. The highest BCUT2D eigenvalue weighted by atomic mass is 15.2.